The van der Waals surface area contributed by atoms with Gasteiger partial charge in [-0.2, -0.15) is 0 Å². The molecule has 0 fully saturated rings. The zero-order chi connectivity index (χ0) is 16.0. The summed E-state index contributed by atoms with van der Waals surface area (Å²) < 4.78 is 27.2. The Balaban J connectivity index is 1.85. The van der Waals surface area contributed by atoms with E-state index in [9.17, 15) is 13.2 Å². The number of anilines is 1. The molecule has 2 N–H and O–H groups in total. The fourth-order valence-electron chi connectivity index (χ4n) is 1.66. The van der Waals surface area contributed by atoms with Crippen LogP contribution in [0.15, 0.2) is 58.2 Å². The molecule has 0 atom stereocenters. The molecular weight excluding hydrogens is 370 g/mol. The van der Waals surface area contributed by atoms with E-state index in [-0.39, 0.29) is 23.8 Å². The van der Waals surface area contributed by atoms with Crippen LogP contribution in [0.3, 0.4) is 0 Å². The standard InChI is InChI=1S/C14H14BrN3O3S/c15-11-3-5-13(6-4-11)22(20,21)17-9-7-14(19)18-12-2-1-8-16-10-12/h1-6,8,10,17H,7,9H2,(H,18,19). The minimum absolute atomic E-state index is 0.0183. The van der Waals surface area contributed by atoms with Crippen LogP contribution in [0.25, 0.3) is 0 Å². The minimum Gasteiger partial charge on any atom is -0.325 e. The molecule has 1 aromatic carbocycles. The number of benzene rings is 1. The number of nitrogens with zero attached hydrogens (tertiary/aromatic N) is 1. The normalized spacial score (nSPS) is 11.1. The molecule has 6 nitrogen and oxygen atoms in total. The van der Waals surface area contributed by atoms with E-state index < -0.39 is 10.0 Å². The van der Waals surface area contributed by atoms with Crippen LogP contribution >= 0.6 is 15.9 Å². The Kier molecular flexibility index (Phi) is 5.64. The third-order valence-corrected chi connectivity index (χ3v) is 4.72. The molecule has 0 aliphatic rings. The van der Waals surface area contributed by atoms with E-state index in [0.717, 1.165) is 4.47 Å². The molecule has 0 aliphatic carbocycles. The molecule has 0 unspecified atom stereocenters. The van der Waals surface area contributed by atoms with E-state index in [2.05, 4.69) is 31.0 Å². The lowest BCUT2D eigenvalue weighted by Crippen LogP contribution is -2.27. The van der Waals surface area contributed by atoms with E-state index in [1.807, 2.05) is 0 Å². The van der Waals surface area contributed by atoms with Crippen molar-refractivity contribution in [3.8, 4) is 0 Å². The first-order chi connectivity index (χ1) is 10.5. The van der Waals surface area contributed by atoms with Gasteiger partial charge >= 0.3 is 0 Å². The molecule has 116 valence electrons. The molecule has 2 aromatic rings. The zero-order valence-corrected chi connectivity index (χ0v) is 13.9. The molecule has 0 saturated heterocycles. The summed E-state index contributed by atoms with van der Waals surface area (Å²) in [6.07, 6.45) is 3.15. The number of halogens is 1. The Morgan fingerprint density at radius 3 is 2.55 bits per heavy atom. The predicted molar refractivity (Wildman–Crippen MR) is 86.8 cm³/mol. The van der Waals surface area contributed by atoms with Gasteiger partial charge in [0.1, 0.15) is 0 Å². The van der Waals surface area contributed by atoms with Crippen LogP contribution in [0, 0.1) is 0 Å². The predicted octanol–water partition coefficient (Wildman–Crippen LogP) is 2.15. The number of nitrogens with one attached hydrogen (secondary N) is 2. The number of amides is 1. The lowest BCUT2D eigenvalue weighted by molar-refractivity contribution is -0.116. The topological polar surface area (TPSA) is 88.2 Å². The highest BCUT2D eigenvalue weighted by Gasteiger charge is 2.13. The van der Waals surface area contributed by atoms with Crippen LogP contribution in [0.4, 0.5) is 5.69 Å². The van der Waals surface area contributed by atoms with Crippen molar-refractivity contribution in [1.29, 1.82) is 0 Å². The van der Waals surface area contributed by atoms with Crippen LogP contribution in [-0.4, -0.2) is 25.9 Å². The summed E-state index contributed by atoms with van der Waals surface area (Å²) in [6, 6.07) is 9.67. The summed E-state index contributed by atoms with van der Waals surface area (Å²) in [5, 5.41) is 2.63. The van der Waals surface area contributed by atoms with Gasteiger partial charge in [-0.05, 0) is 36.4 Å². The lowest BCUT2D eigenvalue weighted by atomic mass is 10.3. The Morgan fingerprint density at radius 1 is 1.18 bits per heavy atom. The molecule has 0 bridgehead atoms. The molecule has 1 amide bonds. The molecule has 0 saturated carbocycles. The first-order valence-corrected chi connectivity index (χ1v) is 8.70. The largest absolute Gasteiger partial charge is 0.325 e. The van der Waals surface area contributed by atoms with Crippen molar-refractivity contribution in [2.24, 2.45) is 0 Å². The smallest absolute Gasteiger partial charge is 0.240 e. The van der Waals surface area contributed by atoms with Crippen molar-refractivity contribution in [2.45, 2.75) is 11.3 Å². The van der Waals surface area contributed by atoms with E-state index >= 15 is 0 Å². The third-order valence-electron chi connectivity index (χ3n) is 2.71. The average Bonchev–Trinajstić information content (AvgIpc) is 2.48. The maximum atomic E-state index is 12.0. The van der Waals surface area contributed by atoms with Gasteiger partial charge in [-0.15, -0.1) is 0 Å². The minimum atomic E-state index is -3.61. The fraction of sp³-hybridized carbons (Fsp3) is 0.143. The average molecular weight is 384 g/mol. The maximum Gasteiger partial charge on any atom is 0.240 e. The van der Waals surface area contributed by atoms with Gasteiger partial charge in [-0.25, -0.2) is 13.1 Å². The zero-order valence-electron chi connectivity index (χ0n) is 11.5. The second-order valence-electron chi connectivity index (χ2n) is 4.39. The number of aromatic nitrogens is 1. The van der Waals surface area contributed by atoms with Gasteiger partial charge < -0.3 is 5.32 Å². The first kappa shape index (κ1) is 16.6. The van der Waals surface area contributed by atoms with Crippen LogP contribution in [0.2, 0.25) is 0 Å². The van der Waals surface area contributed by atoms with Crippen molar-refractivity contribution < 1.29 is 13.2 Å². The summed E-state index contributed by atoms with van der Waals surface area (Å²) in [7, 11) is -3.61. The molecule has 22 heavy (non-hydrogen) atoms. The van der Waals surface area contributed by atoms with Crippen molar-refractivity contribution in [2.75, 3.05) is 11.9 Å². The maximum absolute atomic E-state index is 12.0. The van der Waals surface area contributed by atoms with E-state index in [1.165, 1.54) is 18.3 Å². The number of hydrogen-bond donors (Lipinski definition) is 2. The van der Waals surface area contributed by atoms with Crippen molar-refractivity contribution >= 4 is 37.5 Å². The molecule has 2 rings (SSSR count). The summed E-state index contributed by atoms with van der Waals surface area (Å²) in [4.78, 5) is 15.7. The SMILES string of the molecule is O=C(CCNS(=O)(=O)c1ccc(Br)cc1)Nc1cccnc1. The number of pyridine rings is 1. The molecule has 1 aromatic heterocycles. The van der Waals surface area contributed by atoms with Crippen LogP contribution in [-0.2, 0) is 14.8 Å². The summed E-state index contributed by atoms with van der Waals surface area (Å²) >= 11 is 3.24. The number of sulfonamides is 1. The first-order valence-electron chi connectivity index (χ1n) is 6.42. The molecule has 0 spiro atoms. The molecular formula is C14H14BrN3O3S. The highest BCUT2D eigenvalue weighted by atomic mass is 79.9. The summed E-state index contributed by atoms with van der Waals surface area (Å²) in [5.41, 5.74) is 0.572. The van der Waals surface area contributed by atoms with Crippen molar-refractivity contribution in [1.82, 2.24) is 9.71 Å². The van der Waals surface area contributed by atoms with Gasteiger partial charge in [0, 0.05) is 23.6 Å². The van der Waals surface area contributed by atoms with Gasteiger partial charge in [0.25, 0.3) is 0 Å². The second-order valence-corrected chi connectivity index (χ2v) is 7.07. The van der Waals surface area contributed by atoms with E-state index in [0.29, 0.717) is 5.69 Å². The quantitative estimate of drug-likeness (QED) is 0.799. The number of carbonyl (C=O) groups excluding carboxylic acids is 1. The molecule has 8 heteroatoms. The van der Waals surface area contributed by atoms with E-state index in [4.69, 9.17) is 0 Å². The van der Waals surface area contributed by atoms with Gasteiger partial charge in [-0.3, -0.25) is 9.78 Å². The molecule has 0 aliphatic heterocycles. The fourth-order valence-corrected chi connectivity index (χ4v) is 2.95. The van der Waals surface area contributed by atoms with Gasteiger partial charge in [0.15, 0.2) is 0 Å². The molecule has 1 heterocycles. The summed E-state index contributed by atoms with van der Waals surface area (Å²) in [6.45, 7) is 0.0183. The second kappa shape index (κ2) is 7.48. The van der Waals surface area contributed by atoms with Crippen molar-refractivity contribution in [3.63, 3.8) is 0 Å². The number of rotatable bonds is 6. The van der Waals surface area contributed by atoms with Crippen LogP contribution in [0.1, 0.15) is 6.42 Å². The Hall–Kier alpha value is -1.77. The van der Waals surface area contributed by atoms with E-state index in [1.54, 1.807) is 30.5 Å². The Labute approximate surface area is 137 Å². The molecule has 0 radical (unpaired) electrons. The van der Waals surface area contributed by atoms with Gasteiger partial charge in [0.05, 0.1) is 16.8 Å². The van der Waals surface area contributed by atoms with Crippen LogP contribution in [0.5, 0.6) is 0 Å². The summed E-state index contributed by atoms with van der Waals surface area (Å²) in [5.74, 6) is -0.286. The van der Waals surface area contributed by atoms with Gasteiger partial charge in [-0.1, -0.05) is 15.9 Å². The van der Waals surface area contributed by atoms with Crippen LogP contribution < -0.4 is 10.0 Å². The monoisotopic (exact) mass is 383 g/mol. The van der Waals surface area contributed by atoms with Crippen molar-refractivity contribution in [3.05, 3.63) is 53.3 Å². The van der Waals surface area contributed by atoms with Gasteiger partial charge in [0.2, 0.25) is 15.9 Å². The highest BCUT2D eigenvalue weighted by Crippen LogP contribution is 2.14. The Morgan fingerprint density at radius 2 is 1.91 bits per heavy atom. The lowest BCUT2D eigenvalue weighted by Gasteiger charge is -2.07. The number of carbonyl (C=O) groups is 1. The third kappa shape index (κ3) is 4.90. The highest BCUT2D eigenvalue weighted by molar-refractivity contribution is 9.10. The Bertz CT molecular complexity index is 734. The number of hydrogen-bond acceptors (Lipinski definition) is 4.